The van der Waals surface area contributed by atoms with Crippen LogP contribution in [0.3, 0.4) is 0 Å². The molecule has 67 heavy (non-hydrogen) atoms. The molecule has 0 saturated carbocycles. The van der Waals surface area contributed by atoms with E-state index in [9.17, 15) is 14.4 Å². The molecular formula is C61H118O6. The lowest BCUT2D eigenvalue weighted by atomic mass is 9.99. The number of carbonyl (C=O) groups is 3. The molecule has 0 rings (SSSR count). The van der Waals surface area contributed by atoms with Crippen LogP contribution in [0.15, 0.2) is 0 Å². The molecule has 0 saturated heterocycles. The van der Waals surface area contributed by atoms with Crippen molar-refractivity contribution < 1.29 is 28.6 Å². The Hall–Kier alpha value is -1.59. The van der Waals surface area contributed by atoms with Gasteiger partial charge in [-0.2, -0.15) is 0 Å². The van der Waals surface area contributed by atoms with Crippen LogP contribution in [0.25, 0.3) is 0 Å². The zero-order valence-corrected chi connectivity index (χ0v) is 46.2. The molecule has 0 aliphatic heterocycles. The SMILES string of the molecule is CCC(C)CCCCCCCCCCCCCCCCCCCCC(=O)OC[C@@H](COC(=O)CCCCCCCCCCCCCCC(C)C)OC(=O)CCCCCCCCCCC(C)CC. The van der Waals surface area contributed by atoms with E-state index in [1.807, 2.05) is 0 Å². The molecule has 0 aromatic carbocycles. The molecule has 0 spiro atoms. The number of unbranched alkanes of at least 4 members (excludes halogenated alkanes) is 35. The van der Waals surface area contributed by atoms with Gasteiger partial charge in [0, 0.05) is 19.3 Å². The lowest BCUT2D eigenvalue weighted by molar-refractivity contribution is -0.167. The molecule has 0 aliphatic rings. The molecule has 6 heteroatoms. The number of carbonyl (C=O) groups excluding carboxylic acids is 3. The van der Waals surface area contributed by atoms with E-state index in [1.54, 1.807) is 0 Å². The van der Waals surface area contributed by atoms with Gasteiger partial charge >= 0.3 is 17.9 Å². The van der Waals surface area contributed by atoms with Crippen molar-refractivity contribution in [3.8, 4) is 0 Å². The molecule has 0 N–H and O–H groups in total. The van der Waals surface area contributed by atoms with Crippen molar-refractivity contribution in [1.82, 2.24) is 0 Å². The van der Waals surface area contributed by atoms with Crippen molar-refractivity contribution in [3.63, 3.8) is 0 Å². The molecule has 0 fully saturated rings. The van der Waals surface area contributed by atoms with Crippen molar-refractivity contribution >= 4 is 17.9 Å². The van der Waals surface area contributed by atoms with Gasteiger partial charge in [-0.15, -0.1) is 0 Å². The van der Waals surface area contributed by atoms with Crippen LogP contribution in [0.4, 0.5) is 0 Å². The first-order valence-electron chi connectivity index (χ1n) is 30.2. The van der Waals surface area contributed by atoms with Gasteiger partial charge in [-0.3, -0.25) is 14.4 Å². The summed E-state index contributed by atoms with van der Waals surface area (Å²) in [5.41, 5.74) is 0. The lowest BCUT2D eigenvalue weighted by Gasteiger charge is -2.18. The van der Waals surface area contributed by atoms with Crippen LogP contribution in [0.1, 0.15) is 337 Å². The molecule has 398 valence electrons. The fraction of sp³-hybridized carbons (Fsp3) is 0.951. The van der Waals surface area contributed by atoms with E-state index < -0.39 is 6.10 Å². The molecule has 6 nitrogen and oxygen atoms in total. The van der Waals surface area contributed by atoms with Crippen LogP contribution < -0.4 is 0 Å². The van der Waals surface area contributed by atoms with Crippen LogP contribution >= 0.6 is 0 Å². The summed E-state index contributed by atoms with van der Waals surface area (Å²) in [4.78, 5) is 38.2. The number of rotatable bonds is 54. The molecule has 0 radical (unpaired) electrons. The van der Waals surface area contributed by atoms with Gasteiger partial charge in [0.15, 0.2) is 6.10 Å². The van der Waals surface area contributed by atoms with Crippen LogP contribution in [-0.2, 0) is 28.6 Å². The third-order valence-electron chi connectivity index (χ3n) is 14.6. The van der Waals surface area contributed by atoms with E-state index in [0.29, 0.717) is 19.3 Å². The van der Waals surface area contributed by atoms with Crippen molar-refractivity contribution in [1.29, 1.82) is 0 Å². The smallest absolute Gasteiger partial charge is 0.306 e. The van der Waals surface area contributed by atoms with E-state index in [4.69, 9.17) is 14.2 Å². The van der Waals surface area contributed by atoms with Gasteiger partial charge in [-0.25, -0.2) is 0 Å². The Morgan fingerprint density at radius 2 is 0.522 bits per heavy atom. The van der Waals surface area contributed by atoms with Gasteiger partial charge in [0.1, 0.15) is 13.2 Å². The second kappa shape index (κ2) is 52.2. The standard InChI is InChI=1S/C61H118O6/c1-7-56(5)48-42-36-30-24-20-15-13-11-9-10-12-14-16-21-25-32-38-44-50-59(62)65-53-58(67-61(64)52-46-40-34-28-27-31-37-43-49-57(6)8-2)54-66-60(63)51-45-39-33-26-22-18-17-19-23-29-35-41-47-55(3)4/h55-58H,7-54H2,1-6H3/t56?,57?,58-/m0/s1. The summed E-state index contributed by atoms with van der Waals surface area (Å²) in [6.07, 6.45) is 55.2. The van der Waals surface area contributed by atoms with Crippen LogP contribution in [0.2, 0.25) is 0 Å². The predicted octanol–water partition coefficient (Wildman–Crippen LogP) is 19.9. The largest absolute Gasteiger partial charge is 0.462 e. The summed E-state index contributed by atoms with van der Waals surface area (Å²) in [7, 11) is 0. The third kappa shape index (κ3) is 52.1. The minimum absolute atomic E-state index is 0.0637. The van der Waals surface area contributed by atoms with Crippen molar-refractivity contribution in [2.45, 2.75) is 343 Å². The Balaban J connectivity index is 4.23. The number of esters is 3. The summed E-state index contributed by atoms with van der Waals surface area (Å²) in [6, 6.07) is 0. The second-order valence-corrected chi connectivity index (χ2v) is 21.9. The average molecular weight is 948 g/mol. The summed E-state index contributed by atoms with van der Waals surface area (Å²) in [5.74, 6) is 1.74. The monoisotopic (exact) mass is 947 g/mol. The Bertz CT molecular complexity index is 1040. The molecule has 0 amide bonds. The van der Waals surface area contributed by atoms with Crippen molar-refractivity contribution in [2.75, 3.05) is 13.2 Å². The highest BCUT2D eigenvalue weighted by atomic mass is 16.6. The van der Waals surface area contributed by atoms with E-state index in [-0.39, 0.29) is 31.1 Å². The first-order chi connectivity index (χ1) is 32.7. The highest BCUT2D eigenvalue weighted by Gasteiger charge is 2.19. The molecule has 0 aromatic rings. The summed E-state index contributed by atoms with van der Waals surface area (Å²) < 4.78 is 16.9. The maximum absolute atomic E-state index is 12.8. The molecular weight excluding hydrogens is 829 g/mol. The van der Waals surface area contributed by atoms with E-state index >= 15 is 0 Å². The topological polar surface area (TPSA) is 78.9 Å². The number of hydrogen-bond donors (Lipinski definition) is 0. The normalized spacial score (nSPS) is 12.9. The molecule has 0 aliphatic carbocycles. The summed E-state index contributed by atoms with van der Waals surface area (Å²) >= 11 is 0. The van der Waals surface area contributed by atoms with E-state index in [0.717, 1.165) is 75.5 Å². The van der Waals surface area contributed by atoms with Crippen LogP contribution in [0.5, 0.6) is 0 Å². The lowest BCUT2D eigenvalue weighted by Crippen LogP contribution is -2.30. The van der Waals surface area contributed by atoms with Gasteiger partial charge in [0.05, 0.1) is 0 Å². The zero-order valence-electron chi connectivity index (χ0n) is 46.2. The van der Waals surface area contributed by atoms with Crippen LogP contribution in [0, 0.1) is 17.8 Å². The number of ether oxygens (including phenoxy) is 3. The Morgan fingerprint density at radius 1 is 0.299 bits per heavy atom. The maximum atomic E-state index is 12.8. The zero-order chi connectivity index (χ0) is 49.1. The quantitative estimate of drug-likeness (QED) is 0.0343. The fourth-order valence-electron chi connectivity index (χ4n) is 9.29. The van der Waals surface area contributed by atoms with Gasteiger partial charge in [-0.05, 0) is 37.0 Å². The van der Waals surface area contributed by atoms with E-state index in [1.165, 1.54) is 218 Å². The molecule has 2 unspecified atom stereocenters. The van der Waals surface area contributed by atoms with Gasteiger partial charge in [0.2, 0.25) is 0 Å². The molecule has 0 aromatic heterocycles. The van der Waals surface area contributed by atoms with Gasteiger partial charge in [0.25, 0.3) is 0 Å². The average Bonchev–Trinajstić information content (AvgIpc) is 3.31. The molecule has 0 bridgehead atoms. The third-order valence-corrected chi connectivity index (χ3v) is 14.6. The van der Waals surface area contributed by atoms with Crippen molar-refractivity contribution in [3.05, 3.63) is 0 Å². The van der Waals surface area contributed by atoms with Crippen molar-refractivity contribution in [2.24, 2.45) is 17.8 Å². The predicted molar refractivity (Wildman–Crippen MR) is 289 cm³/mol. The van der Waals surface area contributed by atoms with Gasteiger partial charge in [-0.1, -0.05) is 298 Å². The highest BCUT2D eigenvalue weighted by molar-refractivity contribution is 5.71. The van der Waals surface area contributed by atoms with Gasteiger partial charge < -0.3 is 14.2 Å². The second-order valence-electron chi connectivity index (χ2n) is 21.9. The first kappa shape index (κ1) is 65.4. The maximum Gasteiger partial charge on any atom is 0.306 e. The van der Waals surface area contributed by atoms with Crippen LogP contribution in [-0.4, -0.2) is 37.2 Å². The minimum Gasteiger partial charge on any atom is -0.462 e. The fourth-order valence-corrected chi connectivity index (χ4v) is 9.29. The Labute approximate surface area is 418 Å². The molecule has 0 heterocycles. The number of hydrogen-bond acceptors (Lipinski definition) is 6. The molecule has 3 atom stereocenters. The minimum atomic E-state index is -0.764. The Morgan fingerprint density at radius 3 is 0.776 bits per heavy atom. The highest BCUT2D eigenvalue weighted by Crippen LogP contribution is 2.19. The Kier molecular flexibility index (Phi) is 51.0. The summed E-state index contributed by atoms with van der Waals surface area (Å²) in [6.45, 7) is 13.8. The first-order valence-corrected chi connectivity index (χ1v) is 30.2. The summed E-state index contributed by atoms with van der Waals surface area (Å²) in [5, 5.41) is 0. The van der Waals surface area contributed by atoms with E-state index in [2.05, 4.69) is 41.5 Å².